The number of nitrogens with zero attached hydrogens (tertiary/aromatic N) is 1. The first kappa shape index (κ1) is 18.4. The maximum absolute atomic E-state index is 13.7. The average molecular weight is 400 g/mol. The fourth-order valence-electron chi connectivity index (χ4n) is 2.54. The van der Waals surface area contributed by atoms with E-state index in [1.54, 1.807) is 30.3 Å². The van der Waals surface area contributed by atoms with Gasteiger partial charge in [-0.15, -0.1) is 0 Å². The molecule has 2 aromatic carbocycles. The number of halogens is 3. The van der Waals surface area contributed by atoms with Gasteiger partial charge in [0.25, 0.3) is 0 Å². The van der Waals surface area contributed by atoms with E-state index >= 15 is 0 Å². The minimum atomic E-state index is -0.333. The highest BCUT2D eigenvalue weighted by atomic mass is 35.5. The number of rotatable bonds is 4. The van der Waals surface area contributed by atoms with E-state index in [2.05, 4.69) is 4.90 Å². The van der Waals surface area contributed by atoms with Crippen molar-refractivity contribution in [3.05, 3.63) is 63.4 Å². The van der Waals surface area contributed by atoms with Gasteiger partial charge in [-0.25, -0.2) is 4.39 Å². The van der Waals surface area contributed by atoms with Crippen molar-refractivity contribution in [3.8, 4) is 5.75 Å². The summed E-state index contributed by atoms with van der Waals surface area (Å²) in [4.78, 5) is 2.73. The molecule has 2 aromatic rings. The zero-order valence-corrected chi connectivity index (χ0v) is 15.6. The molecule has 0 spiro atoms. The Labute approximate surface area is 161 Å². The number of morpholine rings is 1. The fourth-order valence-corrected chi connectivity index (χ4v) is 3.43. The second-order valence-electron chi connectivity index (χ2n) is 5.55. The van der Waals surface area contributed by atoms with Crippen molar-refractivity contribution >= 4 is 40.4 Å². The summed E-state index contributed by atoms with van der Waals surface area (Å²) in [5.74, 6) is -0.0139. The van der Waals surface area contributed by atoms with E-state index in [4.69, 9.17) is 44.9 Å². The molecule has 0 radical (unpaired) electrons. The standard InChI is InChI=1S/C18H16Cl2FNO2S/c19-14-9-13(18(25)22-5-7-23-8-6-22)10-15(20)17(14)24-11-12-3-1-2-4-16(12)21/h1-4,9-10H,5-8,11H2. The van der Waals surface area contributed by atoms with Crippen LogP contribution in [0.25, 0.3) is 0 Å². The van der Waals surface area contributed by atoms with Gasteiger partial charge in [-0.05, 0) is 18.2 Å². The Morgan fingerprint density at radius 3 is 2.44 bits per heavy atom. The molecule has 1 fully saturated rings. The second-order valence-corrected chi connectivity index (χ2v) is 6.75. The Bertz CT molecular complexity index is 758. The van der Waals surface area contributed by atoms with Gasteiger partial charge in [0.15, 0.2) is 5.75 Å². The summed E-state index contributed by atoms with van der Waals surface area (Å²) in [6.07, 6.45) is 0. The Hall–Kier alpha value is -1.40. The number of ether oxygens (including phenoxy) is 2. The summed E-state index contributed by atoms with van der Waals surface area (Å²) in [7, 11) is 0. The predicted molar refractivity (Wildman–Crippen MR) is 101 cm³/mol. The van der Waals surface area contributed by atoms with E-state index in [0.29, 0.717) is 39.6 Å². The average Bonchev–Trinajstić information content (AvgIpc) is 2.62. The van der Waals surface area contributed by atoms with Gasteiger partial charge >= 0.3 is 0 Å². The van der Waals surface area contributed by atoms with Crippen LogP contribution in [0.3, 0.4) is 0 Å². The van der Waals surface area contributed by atoms with Crippen LogP contribution in [0.1, 0.15) is 11.1 Å². The molecule has 132 valence electrons. The first-order valence-electron chi connectivity index (χ1n) is 7.78. The molecule has 0 unspecified atom stereocenters. The molecule has 0 atom stereocenters. The van der Waals surface area contributed by atoms with E-state index in [0.717, 1.165) is 18.7 Å². The molecule has 7 heteroatoms. The second kappa shape index (κ2) is 8.32. The SMILES string of the molecule is Fc1ccccc1COc1c(Cl)cc(C(=S)N2CCOCC2)cc1Cl. The Morgan fingerprint density at radius 2 is 1.80 bits per heavy atom. The minimum absolute atomic E-state index is 0.0410. The van der Waals surface area contributed by atoms with Crippen LogP contribution >= 0.6 is 35.4 Å². The first-order chi connectivity index (χ1) is 12.1. The van der Waals surface area contributed by atoms with Crippen molar-refractivity contribution in [3.63, 3.8) is 0 Å². The number of hydrogen-bond acceptors (Lipinski definition) is 3. The Balaban J connectivity index is 1.76. The zero-order valence-electron chi connectivity index (χ0n) is 13.3. The Morgan fingerprint density at radius 1 is 1.16 bits per heavy atom. The van der Waals surface area contributed by atoms with E-state index in [1.807, 2.05) is 0 Å². The molecule has 0 bridgehead atoms. The molecule has 1 heterocycles. The van der Waals surface area contributed by atoms with Crippen molar-refractivity contribution in [1.29, 1.82) is 0 Å². The van der Waals surface area contributed by atoms with Crippen molar-refractivity contribution in [1.82, 2.24) is 4.90 Å². The molecule has 3 rings (SSSR count). The lowest BCUT2D eigenvalue weighted by atomic mass is 10.2. The summed E-state index contributed by atoms with van der Waals surface area (Å²) >= 11 is 18.2. The van der Waals surface area contributed by atoms with Gasteiger partial charge in [0.05, 0.1) is 23.3 Å². The molecule has 3 nitrogen and oxygen atoms in total. The highest BCUT2D eigenvalue weighted by molar-refractivity contribution is 7.80. The molecule has 1 aliphatic rings. The van der Waals surface area contributed by atoms with Crippen LogP contribution in [-0.2, 0) is 11.3 Å². The van der Waals surface area contributed by atoms with Gasteiger partial charge in [0.2, 0.25) is 0 Å². The smallest absolute Gasteiger partial charge is 0.157 e. The molecule has 0 amide bonds. The van der Waals surface area contributed by atoms with E-state index in [9.17, 15) is 4.39 Å². The minimum Gasteiger partial charge on any atom is -0.486 e. The zero-order chi connectivity index (χ0) is 17.8. The molecule has 0 saturated carbocycles. The molecule has 1 saturated heterocycles. The first-order valence-corrected chi connectivity index (χ1v) is 8.95. The van der Waals surface area contributed by atoms with Gasteiger partial charge in [-0.1, -0.05) is 53.6 Å². The van der Waals surface area contributed by atoms with Crippen LogP contribution < -0.4 is 4.74 Å². The third-order valence-corrected chi connectivity index (χ3v) is 4.93. The molecular weight excluding hydrogens is 384 g/mol. The lowest BCUT2D eigenvalue weighted by Crippen LogP contribution is -2.40. The van der Waals surface area contributed by atoms with Crippen molar-refractivity contribution in [2.75, 3.05) is 26.3 Å². The normalized spacial score (nSPS) is 14.4. The van der Waals surface area contributed by atoms with E-state index in [-0.39, 0.29) is 12.4 Å². The number of benzene rings is 2. The molecule has 0 N–H and O–H groups in total. The van der Waals surface area contributed by atoms with Crippen LogP contribution in [-0.4, -0.2) is 36.2 Å². The quantitative estimate of drug-likeness (QED) is 0.693. The third-order valence-electron chi connectivity index (χ3n) is 3.87. The summed E-state index contributed by atoms with van der Waals surface area (Å²) in [5.41, 5.74) is 1.19. The van der Waals surface area contributed by atoms with E-state index < -0.39 is 0 Å². The lowest BCUT2D eigenvalue weighted by molar-refractivity contribution is 0.0693. The number of thiocarbonyl (C=S) groups is 1. The van der Waals surface area contributed by atoms with Gasteiger partial charge in [-0.3, -0.25) is 0 Å². The van der Waals surface area contributed by atoms with Crippen LogP contribution in [0.4, 0.5) is 4.39 Å². The van der Waals surface area contributed by atoms with Gasteiger partial charge in [-0.2, -0.15) is 0 Å². The Kier molecular flexibility index (Phi) is 6.12. The lowest BCUT2D eigenvalue weighted by Gasteiger charge is -2.29. The van der Waals surface area contributed by atoms with Gasteiger partial charge < -0.3 is 14.4 Å². The monoisotopic (exact) mass is 399 g/mol. The maximum atomic E-state index is 13.7. The van der Waals surface area contributed by atoms with Crippen LogP contribution in [0.15, 0.2) is 36.4 Å². The van der Waals surface area contributed by atoms with Crippen LogP contribution in [0.5, 0.6) is 5.75 Å². The summed E-state index contributed by atoms with van der Waals surface area (Å²) < 4.78 is 24.7. The number of hydrogen-bond donors (Lipinski definition) is 0. The summed E-state index contributed by atoms with van der Waals surface area (Å²) in [5, 5.41) is 0.684. The largest absolute Gasteiger partial charge is 0.486 e. The van der Waals surface area contributed by atoms with Crippen molar-refractivity contribution in [2.45, 2.75) is 6.61 Å². The maximum Gasteiger partial charge on any atom is 0.157 e. The highest BCUT2D eigenvalue weighted by Gasteiger charge is 2.18. The van der Waals surface area contributed by atoms with Crippen molar-refractivity contribution < 1.29 is 13.9 Å². The molecule has 0 aromatic heterocycles. The molecule has 25 heavy (non-hydrogen) atoms. The van der Waals surface area contributed by atoms with Gasteiger partial charge in [0.1, 0.15) is 17.4 Å². The highest BCUT2D eigenvalue weighted by Crippen LogP contribution is 2.35. The predicted octanol–water partition coefficient (Wildman–Crippen LogP) is 4.72. The van der Waals surface area contributed by atoms with Gasteiger partial charge in [0, 0.05) is 24.2 Å². The third kappa shape index (κ3) is 4.42. The topological polar surface area (TPSA) is 21.7 Å². The van der Waals surface area contributed by atoms with E-state index in [1.165, 1.54) is 6.07 Å². The van der Waals surface area contributed by atoms with Crippen LogP contribution in [0.2, 0.25) is 10.0 Å². The van der Waals surface area contributed by atoms with Crippen molar-refractivity contribution in [2.24, 2.45) is 0 Å². The fraction of sp³-hybridized carbons (Fsp3) is 0.278. The molecule has 0 aliphatic carbocycles. The molecule has 1 aliphatic heterocycles. The summed E-state index contributed by atoms with van der Waals surface area (Å²) in [6.45, 7) is 2.80. The molecular formula is C18H16Cl2FNO2S. The van der Waals surface area contributed by atoms with Crippen LogP contribution in [0, 0.1) is 5.82 Å². The summed E-state index contributed by atoms with van der Waals surface area (Å²) in [6, 6.07) is 9.85.